The van der Waals surface area contributed by atoms with Gasteiger partial charge in [-0.2, -0.15) is 4.98 Å². The smallest absolute Gasteiger partial charge is 0.255 e. The number of aryl methyl sites for hydroxylation is 1. The van der Waals surface area contributed by atoms with Gasteiger partial charge < -0.3 is 15.2 Å². The molecule has 3 aromatic heterocycles. The van der Waals surface area contributed by atoms with Gasteiger partial charge in [0.1, 0.15) is 0 Å². The number of benzene rings is 1. The van der Waals surface area contributed by atoms with E-state index in [1.165, 1.54) is 0 Å². The summed E-state index contributed by atoms with van der Waals surface area (Å²) in [4.78, 5) is 33.7. The first kappa shape index (κ1) is 20.4. The Morgan fingerprint density at radius 2 is 1.81 bits per heavy atom. The fourth-order valence-electron chi connectivity index (χ4n) is 2.87. The molecule has 31 heavy (non-hydrogen) atoms. The molecule has 4 aromatic rings. The fourth-order valence-corrected chi connectivity index (χ4v) is 3.52. The standard InChI is InChI=1S/C22H19N5O3S/c28-19(7-2-8-20-26-21(27-30-20)18-6-3-13-31-18)24-16-4-1-5-17(14-16)25-22(29)15-9-11-23-12-10-15/h1,3-6,9-14H,2,7-8H2,(H,24,28)(H,25,29). The third-order valence-electron chi connectivity index (χ3n) is 4.35. The Morgan fingerprint density at radius 3 is 2.58 bits per heavy atom. The minimum absolute atomic E-state index is 0.129. The van der Waals surface area contributed by atoms with Crippen LogP contribution in [-0.4, -0.2) is 26.9 Å². The highest BCUT2D eigenvalue weighted by Crippen LogP contribution is 2.22. The molecule has 2 amide bonds. The van der Waals surface area contributed by atoms with E-state index in [4.69, 9.17) is 4.52 Å². The van der Waals surface area contributed by atoms with Crippen LogP contribution in [0, 0.1) is 0 Å². The number of hydrogen-bond acceptors (Lipinski definition) is 7. The molecule has 1 aromatic carbocycles. The SMILES string of the molecule is O=C(CCCc1nc(-c2cccs2)no1)Nc1cccc(NC(=O)c2ccncc2)c1. The number of aromatic nitrogens is 3. The zero-order valence-corrected chi connectivity index (χ0v) is 17.3. The lowest BCUT2D eigenvalue weighted by Gasteiger charge is -2.09. The van der Waals surface area contributed by atoms with Crippen molar-refractivity contribution in [2.24, 2.45) is 0 Å². The van der Waals surface area contributed by atoms with Crippen molar-refractivity contribution in [3.05, 3.63) is 77.8 Å². The zero-order valence-electron chi connectivity index (χ0n) is 16.4. The van der Waals surface area contributed by atoms with E-state index < -0.39 is 0 Å². The number of pyridine rings is 1. The van der Waals surface area contributed by atoms with Crippen LogP contribution in [0.25, 0.3) is 10.7 Å². The molecule has 0 fully saturated rings. The van der Waals surface area contributed by atoms with Crippen LogP contribution >= 0.6 is 11.3 Å². The summed E-state index contributed by atoms with van der Waals surface area (Å²) in [6, 6.07) is 14.1. The largest absolute Gasteiger partial charge is 0.339 e. The van der Waals surface area contributed by atoms with Gasteiger partial charge in [-0.15, -0.1) is 11.3 Å². The lowest BCUT2D eigenvalue weighted by Crippen LogP contribution is -2.14. The van der Waals surface area contributed by atoms with Crippen LogP contribution in [0.2, 0.25) is 0 Å². The lowest BCUT2D eigenvalue weighted by molar-refractivity contribution is -0.116. The Bertz CT molecular complexity index is 1160. The molecule has 0 bridgehead atoms. The van der Waals surface area contributed by atoms with Crippen LogP contribution in [0.1, 0.15) is 29.1 Å². The molecule has 3 heterocycles. The van der Waals surface area contributed by atoms with Gasteiger partial charge in [0, 0.05) is 42.2 Å². The van der Waals surface area contributed by atoms with Gasteiger partial charge in [-0.05, 0) is 48.2 Å². The molecule has 0 aliphatic rings. The Labute approximate surface area is 182 Å². The molecule has 9 heteroatoms. The third kappa shape index (κ3) is 5.61. The molecule has 156 valence electrons. The number of carbonyl (C=O) groups excluding carboxylic acids is 2. The van der Waals surface area contributed by atoms with Gasteiger partial charge in [0.25, 0.3) is 5.91 Å². The number of nitrogens with zero attached hydrogens (tertiary/aromatic N) is 3. The van der Waals surface area contributed by atoms with Crippen molar-refractivity contribution in [2.75, 3.05) is 10.6 Å². The molecule has 2 N–H and O–H groups in total. The molecule has 4 rings (SSSR count). The summed E-state index contributed by atoms with van der Waals surface area (Å²) >= 11 is 1.54. The van der Waals surface area contributed by atoms with Gasteiger partial charge in [-0.1, -0.05) is 17.3 Å². The van der Waals surface area contributed by atoms with Crippen LogP contribution in [0.3, 0.4) is 0 Å². The zero-order chi connectivity index (χ0) is 21.5. The summed E-state index contributed by atoms with van der Waals surface area (Å²) < 4.78 is 5.25. The quantitative estimate of drug-likeness (QED) is 0.426. The summed E-state index contributed by atoms with van der Waals surface area (Å²) in [6.07, 6.45) is 4.53. The van der Waals surface area contributed by atoms with Gasteiger partial charge in [0.05, 0.1) is 4.88 Å². The summed E-state index contributed by atoms with van der Waals surface area (Å²) in [6.45, 7) is 0. The molecule has 0 atom stereocenters. The van der Waals surface area contributed by atoms with E-state index in [1.54, 1.807) is 60.1 Å². The highest BCUT2D eigenvalue weighted by Gasteiger charge is 2.11. The average molecular weight is 433 g/mol. The first-order valence-corrected chi connectivity index (χ1v) is 10.5. The van der Waals surface area contributed by atoms with Crippen molar-refractivity contribution in [2.45, 2.75) is 19.3 Å². The normalized spacial score (nSPS) is 10.6. The number of nitrogens with one attached hydrogen (secondary N) is 2. The van der Waals surface area contributed by atoms with Crippen LogP contribution in [0.4, 0.5) is 11.4 Å². The maximum atomic E-state index is 12.3. The lowest BCUT2D eigenvalue weighted by atomic mass is 10.2. The van der Waals surface area contributed by atoms with E-state index in [1.807, 2.05) is 17.5 Å². The molecule has 8 nitrogen and oxygen atoms in total. The molecule has 0 radical (unpaired) electrons. The van der Waals surface area contributed by atoms with Crippen molar-refractivity contribution in [3.8, 4) is 10.7 Å². The second-order valence-corrected chi connectivity index (χ2v) is 7.61. The fraction of sp³-hybridized carbons (Fsp3) is 0.136. The van der Waals surface area contributed by atoms with E-state index in [0.717, 1.165) is 4.88 Å². The van der Waals surface area contributed by atoms with E-state index in [9.17, 15) is 9.59 Å². The Kier molecular flexibility index (Phi) is 6.44. The molecular formula is C22H19N5O3S. The predicted octanol–water partition coefficient (Wildman–Crippen LogP) is 4.41. The van der Waals surface area contributed by atoms with Crippen LogP contribution in [-0.2, 0) is 11.2 Å². The van der Waals surface area contributed by atoms with Crippen molar-refractivity contribution >= 4 is 34.5 Å². The summed E-state index contributed by atoms with van der Waals surface area (Å²) in [7, 11) is 0. The number of amides is 2. The number of anilines is 2. The van der Waals surface area contributed by atoms with E-state index in [-0.39, 0.29) is 11.8 Å². The molecule has 0 spiro atoms. The topological polar surface area (TPSA) is 110 Å². The highest BCUT2D eigenvalue weighted by molar-refractivity contribution is 7.13. The minimum atomic E-state index is -0.243. The highest BCUT2D eigenvalue weighted by atomic mass is 32.1. The summed E-state index contributed by atoms with van der Waals surface area (Å²) in [5.74, 6) is 0.708. The first-order valence-electron chi connectivity index (χ1n) is 9.65. The number of carbonyl (C=O) groups is 2. The van der Waals surface area contributed by atoms with Gasteiger partial charge in [0.15, 0.2) is 0 Å². The molecule has 0 saturated carbocycles. The summed E-state index contributed by atoms with van der Waals surface area (Å²) in [5, 5.41) is 11.6. The average Bonchev–Trinajstić information content (AvgIpc) is 3.47. The Morgan fingerprint density at radius 1 is 1.00 bits per heavy atom. The van der Waals surface area contributed by atoms with Crippen LogP contribution in [0.5, 0.6) is 0 Å². The minimum Gasteiger partial charge on any atom is -0.339 e. The maximum Gasteiger partial charge on any atom is 0.255 e. The number of rotatable bonds is 8. The van der Waals surface area contributed by atoms with Crippen LogP contribution < -0.4 is 10.6 Å². The van der Waals surface area contributed by atoms with Crippen molar-refractivity contribution in [1.82, 2.24) is 15.1 Å². The van der Waals surface area contributed by atoms with Crippen LogP contribution in [0.15, 0.2) is 70.8 Å². The molecule has 0 aliphatic heterocycles. The Hall–Kier alpha value is -3.85. The van der Waals surface area contributed by atoms with Gasteiger partial charge in [-0.25, -0.2) is 0 Å². The van der Waals surface area contributed by atoms with Gasteiger partial charge in [-0.3, -0.25) is 14.6 Å². The number of hydrogen-bond donors (Lipinski definition) is 2. The molecule has 0 saturated heterocycles. The number of thiophene rings is 1. The second kappa shape index (κ2) is 9.77. The summed E-state index contributed by atoms with van der Waals surface area (Å²) in [5.41, 5.74) is 1.70. The van der Waals surface area contributed by atoms with E-state index in [0.29, 0.717) is 47.9 Å². The van der Waals surface area contributed by atoms with E-state index >= 15 is 0 Å². The molecule has 0 aliphatic carbocycles. The van der Waals surface area contributed by atoms with Gasteiger partial charge >= 0.3 is 0 Å². The van der Waals surface area contributed by atoms with E-state index in [2.05, 4.69) is 25.8 Å². The van der Waals surface area contributed by atoms with Gasteiger partial charge in [0.2, 0.25) is 17.6 Å². The van der Waals surface area contributed by atoms with Crippen molar-refractivity contribution < 1.29 is 14.1 Å². The first-order chi connectivity index (χ1) is 15.2. The second-order valence-electron chi connectivity index (χ2n) is 6.66. The monoisotopic (exact) mass is 433 g/mol. The predicted molar refractivity (Wildman–Crippen MR) is 118 cm³/mol. The maximum absolute atomic E-state index is 12.3. The van der Waals surface area contributed by atoms with Crippen molar-refractivity contribution in [3.63, 3.8) is 0 Å². The Balaban J connectivity index is 1.26. The molecule has 0 unspecified atom stereocenters. The third-order valence-corrected chi connectivity index (χ3v) is 5.22. The van der Waals surface area contributed by atoms with Crippen molar-refractivity contribution in [1.29, 1.82) is 0 Å². The molecular weight excluding hydrogens is 414 g/mol.